The second kappa shape index (κ2) is 7.15. The Balaban J connectivity index is 2.16. The summed E-state index contributed by atoms with van der Waals surface area (Å²) < 4.78 is 1.20. The number of benzene rings is 1. The lowest BCUT2D eigenvalue weighted by Gasteiger charge is -2.04. The first-order valence-corrected chi connectivity index (χ1v) is 6.95. The number of nitriles is 1. The van der Waals surface area contributed by atoms with Gasteiger partial charge in [0.25, 0.3) is 11.6 Å². The Morgan fingerprint density at radius 2 is 2.17 bits per heavy atom. The molecule has 0 amide bonds. The summed E-state index contributed by atoms with van der Waals surface area (Å²) in [4.78, 5) is 22.5. The summed E-state index contributed by atoms with van der Waals surface area (Å²) in [5.74, 6) is -0.412. The quantitative estimate of drug-likeness (QED) is 0.511. The molecule has 2 aromatic rings. The van der Waals surface area contributed by atoms with Gasteiger partial charge in [0.15, 0.2) is 0 Å². The number of hydrogen-bond acceptors (Lipinski definition) is 7. The van der Waals surface area contributed by atoms with Gasteiger partial charge in [-0.15, -0.1) is 0 Å². The number of anilines is 1. The van der Waals surface area contributed by atoms with Crippen LogP contribution in [0.4, 0.5) is 11.4 Å². The number of para-hydroxylation sites is 2. The molecule has 1 aromatic carbocycles. The number of aromatic nitrogens is 2. The molecule has 0 atom stereocenters. The van der Waals surface area contributed by atoms with Crippen LogP contribution in [0.5, 0.6) is 0 Å². The second-order valence-corrected chi connectivity index (χ2v) is 4.97. The average Bonchev–Trinajstić information content (AvgIpc) is 2.90. The third-order valence-corrected chi connectivity index (χ3v) is 3.11. The van der Waals surface area contributed by atoms with Gasteiger partial charge in [0.1, 0.15) is 17.5 Å². The van der Waals surface area contributed by atoms with Gasteiger partial charge in [-0.1, -0.05) is 12.1 Å². The minimum Gasteiger partial charge on any atom is -0.272 e. The second-order valence-electron chi connectivity index (χ2n) is 4.97. The Morgan fingerprint density at radius 3 is 2.75 bits per heavy atom. The molecule has 0 saturated carbocycles. The fraction of sp³-hybridized carbons (Fsp3) is 0.200. The molecule has 9 nitrogen and oxygen atoms in total. The Kier molecular flexibility index (Phi) is 5.01. The highest BCUT2D eigenvalue weighted by Gasteiger charge is 2.15. The van der Waals surface area contributed by atoms with Crippen LogP contribution in [0, 0.1) is 35.3 Å². The average molecular weight is 326 g/mol. The van der Waals surface area contributed by atoms with E-state index < -0.39 is 10.8 Å². The lowest BCUT2D eigenvalue weighted by atomic mass is 10.2. The minimum absolute atomic E-state index is 0.106. The van der Waals surface area contributed by atoms with Crippen molar-refractivity contribution in [1.82, 2.24) is 9.78 Å². The van der Waals surface area contributed by atoms with Gasteiger partial charge in [0.2, 0.25) is 0 Å². The Hall–Kier alpha value is -3.54. The van der Waals surface area contributed by atoms with E-state index in [1.165, 1.54) is 22.9 Å². The number of nitrogens with zero attached hydrogens (tertiary/aromatic N) is 5. The number of carbonyl (C=O) groups excluding carboxylic acids is 1. The van der Waals surface area contributed by atoms with Crippen molar-refractivity contribution in [1.29, 1.82) is 5.26 Å². The molecule has 0 unspecified atom stereocenters. The maximum Gasteiger partial charge on any atom is 0.294 e. The van der Waals surface area contributed by atoms with Crippen LogP contribution in [0.3, 0.4) is 0 Å². The van der Waals surface area contributed by atoms with Crippen molar-refractivity contribution in [2.75, 3.05) is 5.43 Å². The van der Waals surface area contributed by atoms with E-state index in [0.29, 0.717) is 11.4 Å². The highest BCUT2D eigenvalue weighted by Crippen LogP contribution is 2.23. The number of rotatable bonds is 5. The van der Waals surface area contributed by atoms with Crippen molar-refractivity contribution in [2.45, 2.75) is 20.3 Å². The van der Waals surface area contributed by atoms with Gasteiger partial charge >= 0.3 is 0 Å². The van der Waals surface area contributed by atoms with E-state index in [4.69, 9.17) is 5.26 Å². The largest absolute Gasteiger partial charge is 0.294 e. The zero-order valence-corrected chi connectivity index (χ0v) is 13.1. The molecule has 0 aliphatic carbocycles. The summed E-state index contributed by atoms with van der Waals surface area (Å²) in [7, 11) is 0. The van der Waals surface area contributed by atoms with Gasteiger partial charge in [-0.3, -0.25) is 20.3 Å². The van der Waals surface area contributed by atoms with Crippen molar-refractivity contribution in [3.8, 4) is 6.07 Å². The number of hydrogen-bond donors (Lipinski definition) is 1. The SMILES string of the molecule is Cc1cc(C)n(C(=O)C/C(C#N)=N\Nc2ccccc2[N+](=O)[O-])n1. The molecule has 122 valence electrons. The molecule has 2 rings (SSSR count). The Labute approximate surface area is 137 Å². The summed E-state index contributed by atoms with van der Waals surface area (Å²) in [5.41, 5.74) is 3.66. The maximum atomic E-state index is 12.2. The number of nitrogens with one attached hydrogen (secondary N) is 1. The Bertz CT molecular complexity index is 862. The summed E-state index contributed by atoms with van der Waals surface area (Å²) in [6, 6.07) is 9.43. The lowest BCUT2D eigenvalue weighted by Crippen LogP contribution is -2.18. The van der Waals surface area contributed by atoms with Crippen LogP contribution in [0.2, 0.25) is 0 Å². The molecule has 0 fully saturated rings. The van der Waals surface area contributed by atoms with Gasteiger partial charge in [0.05, 0.1) is 17.0 Å². The van der Waals surface area contributed by atoms with E-state index in [1.807, 2.05) is 0 Å². The Morgan fingerprint density at radius 1 is 1.46 bits per heavy atom. The van der Waals surface area contributed by atoms with Crippen LogP contribution in [0.15, 0.2) is 35.4 Å². The first-order chi connectivity index (χ1) is 11.4. The fourth-order valence-electron chi connectivity index (χ4n) is 2.06. The molecular weight excluding hydrogens is 312 g/mol. The van der Waals surface area contributed by atoms with E-state index in [1.54, 1.807) is 32.0 Å². The summed E-state index contributed by atoms with van der Waals surface area (Å²) >= 11 is 0. The fourth-order valence-corrected chi connectivity index (χ4v) is 2.06. The van der Waals surface area contributed by atoms with Crippen molar-refractivity contribution >= 4 is 23.0 Å². The first-order valence-electron chi connectivity index (χ1n) is 6.95. The molecule has 24 heavy (non-hydrogen) atoms. The van der Waals surface area contributed by atoms with E-state index in [2.05, 4.69) is 15.6 Å². The minimum atomic E-state index is -0.565. The van der Waals surface area contributed by atoms with Gasteiger partial charge in [-0.25, -0.2) is 4.68 Å². The molecule has 1 N–H and O–H groups in total. The number of carbonyl (C=O) groups is 1. The molecule has 0 aliphatic heterocycles. The van der Waals surface area contributed by atoms with E-state index in [-0.39, 0.29) is 23.5 Å². The maximum absolute atomic E-state index is 12.2. The highest BCUT2D eigenvalue weighted by molar-refractivity contribution is 6.10. The third-order valence-electron chi connectivity index (χ3n) is 3.11. The molecule has 0 saturated heterocycles. The zero-order valence-electron chi connectivity index (χ0n) is 13.1. The molecule has 0 spiro atoms. The number of nitro benzene ring substituents is 1. The molecule has 0 bridgehead atoms. The predicted molar refractivity (Wildman–Crippen MR) is 86.7 cm³/mol. The lowest BCUT2D eigenvalue weighted by molar-refractivity contribution is -0.384. The molecular formula is C15H14N6O3. The summed E-state index contributed by atoms with van der Waals surface area (Å²) in [5, 5.41) is 27.9. The van der Waals surface area contributed by atoms with Crippen molar-refractivity contribution < 1.29 is 9.72 Å². The third kappa shape index (κ3) is 3.80. The van der Waals surface area contributed by atoms with Crippen LogP contribution < -0.4 is 5.43 Å². The zero-order chi connectivity index (χ0) is 17.7. The van der Waals surface area contributed by atoms with Crippen molar-refractivity contribution in [3.63, 3.8) is 0 Å². The number of aryl methyl sites for hydroxylation is 2. The molecule has 9 heteroatoms. The standard InChI is InChI=1S/C15H14N6O3/c1-10-7-11(2)20(19-10)15(22)8-12(9-16)17-18-13-5-3-4-6-14(13)21(23)24/h3-7,18H,8H2,1-2H3/b17-12+. The van der Waals surface area contributed by atoms with Gasteiger partial charge in [0, 0.05) is 11.8 Å². The summed E-state index contributed by atoms with van der Waals surface area (Å²) in [6.45, 7) is 3.48. The molecule has 1 heterocycles. The number of hydrazone groups is 1. The van der Waals surface area contributed by atoms with Gasteiger partial charge in [-0.2, -0.15) is 15.5 Å². The van der Waals surface area contributed by atoms with Gasteiger partial charge in [-0.05, 0) is 26.0 Å². The van der Waals surface area contributed by atoms with E-state index in [9.17, 15) is 14.9 Å². The summed E-state index contributed by atoms with van der Waals surface area (Å²) in [6.07, 6.45) is -0.272. The highest BCUT2D eigenvalue weighted by atomic mass is 16.6. The van der Waals surface area contributed by atoms with Crippen LogP contribution in [-0.4, -0.2) is 26.3 Å². The van der Waals surface area contributed by atoms with E-state index in [0.717, 1.165) is 0 Å². The topological polar surface area (TPSA) is 126 Å². The molecule has 0 aliphatic rings. The first kappa shape index (κ1) is 16.8. The van der Waals surface area contributed by atoms with Crippen molar-refractivity contribution in [3.05, 3.63) is 51.8 Å². The van der Waals surface area contributed by atoms with Crippen LogP contribution in [0.25, 0.3) is 0 Å². The van der Waals surface area contributed by atoms with E-state index >= 15 is 0 Å². The smallest absolute Gasteiger partial charge is 0.272 e. The van der Waals surface area contributed by atoms with Gasteiger partial charge < -0.3 is 0 Å². The van der Waals surface area contributed by atoms with Crippen LogP contribution in [0.1, 0.15) is 22.6 Å². The molecule has 0 radical (unpaired) electrons. The van der Waals surface area contributed by atoms with Crippen molar-refractivity contribution in [2.24, 2.45) is 5.10 Å². The predicted octanol–water partition coefficient (Wildman–Crippen LogP) is 2.43. The van der Waals surface area contributed by atoms with Crippen LogP contribution >= 0.6 is 0 Å². The number of nitro groups is 1. The molecule has 1 aromatic heterocycles. The normalized spacial score (nSPS) is 11.0. The monoisotopic (exact) mass is 326 g/mol. The van der Waals surface area contributed by atoms with Crippen LogP contribution in [-0.2, 0) is 0 Å².